The molecule has 3 N–H and O–H groups in total. The van der Waals surface area contributed by atoms with E-state index in [1.54, 1.807) is 24.3 Å². The van der Waals surface area contributed by atoms with Crippen LogP contribution in [0, 0.1) is 5.82 Å². The second kappa shape index (κ2) is 13.3. The van der Waals surface area contributed by atoms with Gasteiger partial charge in [-0.05, 0) is 79.1 Å². The average molecular weight is 615 g/mol. The molecule has 3 unspecified atom stereocenters. The first-order valence-corrected chi connectivity index (χ1v) is 15.2. The van der Waals surface area contributed by atoms with Gasteiger partial charge >= 0.3 is 0 Å². The van der Waals surface area contributed by atoms with E-state index in [-0.39, 0.29) is 12.4 Å². The van der Waals surface area contributed by atoms with E-state index in [9.17, 15) is 9.50 Å². The molecule has 1 saturated heterocycles. The highest BCUT2D eigenvalue weighted by molar-refractivity contribution is 6.32. The van der Waals surface area contributed by atoms with E-state index >= 15 is 0 Å². The number of benzene rings is 3. The van der Waals surface area contributed by atoms with E-state index in [4.69, 9.17) is 16.3 Å². The largest absolute Gasteiger partial charge is 0.487 e. The zero-order valence-electron chi connectivity index (χ0n) is 24.8. The number of aliphatic hydroxyl groups is 1. The van der Waals surface area contributed by atoms with Crippen LogP contribution in [-0.4, -0.2) is 62.4 Å². The van der Waals surface area contributed by atoms with Crippen molar-refractivity contribution in [2.45, 2.75) is 45.2 Å². The minimum atomic E-state index is -0.460. The molecule has 0 radical (unpaired) electrons. The number of anilines is 2. The average Bonchev–Trinajstić information content (AvgIpc) is 3.44. The van der Waals surface area contributed by atoms with Gasteiger partial charge in [-0.1, -0.05) is 29.8 Å². The summed E-state index contributed by atoms with van der Waals surface area (Å²) in [6.45, 7) is 7.63. The maximum absolute atomic E-state index is 13.5. The summed E-state index contributed by atoms with van der Waals surface area (Å²) in [7, 11) is 0. The molecule has 1 aliphatic rings. The summed E-state index contributed by atoms with van der Waals surface area (Å²) in [4.78, 5) is 11.3. The Morgan fingerprint density at radius 3 is 2.66 bits per heavy atom. The number of ether oxygens (including phenoxy) is 1. The van der Waals surface area contributed by atoms with Crippen molar-refractivity contribution in [3.63, 3.8) is 0 Å². The molecule has 228 valence electrons. The zero-order valence-corrected chi connectivity index (χ0v) is 25.5. The van der Waals surface area contributed by atoms with Crippen LogP contribution in [0.1, 0.15) is 19.4 Å². The van der Waals surface area contributed by atoms with Crippen molar-refractivity contribution in [1.82, 2.24) is 24.8 Å². The van der Waals surface area contributed by atoms with Crippen LogP contribution >= 0.6 is 11.6 Å². The molecule has 2 aromatic heterocycles. The van der Waals surface area contributed by atoms with Crippen LogP contribution in [0.3, 0.4) is 0 Å². The molecule has 10 heteroatoms. The van der Waals surface area contributed by atoms with Gasteiger partial charge in [0.2, 0.25) is 0 Å². The summed E-state index contributed by atoms with van der Waals surface area (Å²) in [5.41, 5.74) is 4.33. The number of nitrogens with zero attached hydrogens (tertiary/aromatic N) is 4. The standard InChI is InChI=1S/C34H36ClFN6O2/c1-22-15-42(16-23(2)39-22)19-29(43)18-41-11-10-26(17-41)25-6-8-32-30(13-25)34(38-21-37-32)40-28-7-9-33(31(35)14-28)44-20-24-4-3-5-27(36)12-24/h3-14,17,21-23,29,39,43H,15-16,18-20H2,1-2H3,(H,37,38,40). The molecule has 0 bridgehead atoms. The highest BCUT2D eigenvalue weighted by Crippen LogP contribution is 2.32. The van der Waals surface area contributed by atoms with Gasteiger partial charge in [-0.3, -0.25) is 4.90 Å². The van der Waals surface area contributed by atoms with Crippen molar-refractivity contribution < 1.29 is 14.2 Å². The van der Waals surface area contributed by atoms with Gasteiger partial charge in [-0.2, -0.15) is 0 Å². The molecule has 44 heavy (non-hydrogen) atoms. The van der Waals surface area contributed by atoms with E-state index in [0.29, 0.717) is 41.8 Å². The number of β-amino-alcohol motifs (C(OH)–C–C–N with tert-alkyl or cyclic N) is 1. The van der Waals surface area contributed by atoms with Crippen LogP contribution in [0.25, 0.3) is 22.0 Å². The van der Waals surface area contributed by atoms with Crippen molar-refractivity contribution in [3.05, 3.63) is 102 Å². The van der Waals surface area contributed by atoms with E-state index in [2.05, 4.69) is 57.7 Å². The fourth-order valence-electron chi connectivity index (χ4n) is 5.87. The van der Waals surface area contributed by atoms with Crippen molar-refractivity contribution in [1.29, 1.82) is 0 Å². The number of rotatable bonds is 10. The smallest absolute Gasteiger partial charge is 0.141 e. The van der Waals surface area contributed by atoms with Crippen LogP contribution in [0.15, 0.2) is 85.5 Å². The van der Waals surface area contributed by atoms with Crippen LogP contribution in [-0.2, 0) is 13.2 Å². The summed E-state index contributed by atoms with van der Waals surface area (Å²) < 4.78 is 21.3. The van der Waals surface area contributed by atoms with E-state index < -0.39 is 6.10 Å². The van der Waals surface area contributed by atoms with Crippen LogP contribution in [0.5, 0.6) is 5.75 Å². The van der Waals surface area contributed by atoms with Crippen molar-refractivity contribution >= 4 is 34.0 Å². The quantitative estimate of drug-likeness (QED) is 0.171. The van der Waals surface area contributed by atoms with E-state index in [1.165, 1.54) is 18.5 Å². The van der Waals surface area contributed by atoms with Gasteiger partial charge in [0, 0.05) is 61.7 Å². The maximum atomic E-state index is 13.5. The summed E-state index contributed by atoms with van der Waals surface area (Å²) >= 11 is 6.52. The first-order chi connectivity index (χ1) is 21.3. The lowest BCUT2D eigenvalue weighted by Crippen LogP contribution is -2.55. The number of aromatic nitrogens is 3. The Hall–Kier alpha value is -4.02. The topological polar surface area (TPSA) is 87.5 Å². The van der Waals surface area contributed by atoms with Gasteiger partial charge in [0.25, 0.3) is 0 Å². The molecular weight excluding hydrogens is 579 g/mol. The predicted molar refractivity (Wildman–Crippen MR) is 173 cm³/mol. The number of nitrogens with one attached hydrogen (secondary N) is 2. The molecule has 0 spiro atoms. The third-order valence-electron chi connectivity index (χ3n) is 7.72. The fraction of sp³-hybridized carbons (Fsp3) is 0.294. The first-order valence-electron chi connectivity index (χ1n) is 14.8. The highest BCUT2D eigenvalue weighted by Gasteiger charge is 2.23. The maximum Gasteiger partial charge on any atom is 0.141 e. The molecule has 3 heterocycles. The summed E-state index contributed by atoms with van der Waals surface area (Å²) in [6.07, 6.45) is 5.14. The Morgan fingerprint density at radius 2 is 1.86 bits per heavy atom. The predicted octanol–water partition coefficient (Wildman–Crippen LogP) is 6.26. The second-order valence-corrected chi connectivity index (χ2v) is 12.0. The summed E-state index contributed by atoms with van der Waals surface area (Å²) in [5, 5.41) is 19.0. The Kier molecular flexibility index (Phi) is 9.09. The van der Waals surface area contributed by atoms with Crippen LogP contribution < -0.4 is 15.4 Å². The third-order valence-corrected chi connectivity index (χ3v) is 8.02. The Labute approximate surface area is 261 Å². The number of hydrogen-bond acceptors (Lipinski definition) is 7. The lowest BCUT2D eigenvalue weighted by atomic mass is 10.1. The summed E-state index contributed by atoms with van der Waals surface area (Å²) in [6, 6.07) is 20.7. The number of halogens is 2. The molecule has 3 atom stereocenters. The molecule has 0 amide bonds. The van der Waals surface area contributed by atoms with Crippen molar-refractivity contribution in [3.8, 4) is 16.9 Å². The Morgan fingerprint density at radius 1 is 1.02 bits per heavy atom. The van der Waals surface area contributed by atoms with Gasteiger partial charge in [-0.25, -0.2) is 14.4 Å². The number of fused-ring (bicyclic) bond motifs is 1. The monoisotopic (exact) mass is 614 g/mol. The van der Waals surface area contributed by atoms with Crippen LogP contribution in [0.2, 0.25) is 5.02 Å². The molecule has 1 aliphatic heterocycles. The molecule has 1 fully saturated rings. The minimum Gasteiger partial charge on any atom is -0.487 e. The van der Waals surface area contributed by atoms with E-state index in [1.807, 2.05) is 29.0 Å². The third kappa shape index (κ3) is 7.36. The normalized spacial score (nSPS) is 17.9. The van der Waals surface area contributed by atoms with Crippen molar-refractivity contribution in [2.24, 2.45) is 0 Å². The van der Waals surface area contributed by atoms with Gasteiger partial charge in [0.1, 0.15) is 30.3 Å². The van der Waals surface area contributed by atoms with Gasteiger partial charge in [0.15, 0.2) is 0 Å². The highest BCUT2D eigenvalue weighted by atomic mass is 35.5. The number of piperazine rings is 1. The van der Waals surface area contributed by atoms with Crippen LogP contribution in [0.4, 0.5) is 15.9 Å². The van der Waals surface area contributed by atoms with Gasteiger partial charge in [0.05, 0.1) is 16.6 Å². The van der Waals surface area contributed by atoms with Crippen molar-refractivity contribution in [2.75, 3.05) is 25.0 Å². The zero-order chi connectivity index (χ0) is 30.6. The van der Waals surface area contributed by atoms with Gasteiger partial charge < -0.3 is 25.0 Å². The molecule has 3 aromatic carbocycles. The molecular formula is C34H36ClFN6O2. The molecule has 8 nitrogen and oxygen atoms in total. The Bertz CT molecular complexity index is 1740. The molecule has 0 saturated carbocycles. The minimum absolute atomic E-state index is 0.207. The number of hydrogen-bond donors (Lipinski definition) is 3. The fourth-order valence-corrected chi connectivity index (χ4v) is 6.10. The molecule has 0 aliphatic carbocycles. The van der Waals surface area contributed by atoms with E-state index in [0.717, 1.165) is 46.4 Å². The second-order valence-electron chi connectivity index (χ2n) is 11.6. The van der Waals surface area contributed by atoms with Gasteiger partial charge in [-0.15, -0.1) is 0 Å². The molecule has 5 aromatic rings. The lowest BCUT2D eigenvalue weighted by molar-refractivity contribution is 0.0744. The first kappa shape index (κ1) is 30.0. The SMILES string of the molecule is CC1CN(CC(O)Cn2ccc(-c3ccc4ncnc(Nc5ccc(OCc6cccc(F)c6)c(Cl)c5)c4c3)c2)CC(C)N1. The molecule has 6 rings (SSSR count). The number of aliphatic hydroxyl groups excluding tert-OH is 1. The Balaban J connectivity index is 1.13. The summed E-state index contributed by atoms with van der Waals surface area (Å²) in [5.74, 6) is 0.845. The lowest BCUT2D eigenvalue weighted by Gasteiger charge is -2.37.